The van der Waals surface area contributed by atoms with E-state index >= 15 is 8.78 Å². The SMILES string of the molecule is CC1Cc2cc(B(O)O)ccc2C(c2c(F)cc(NC3CN(CCCF)C3)cc2F)N1c1ccccc1. The predicted octanol–water partition coefficient (Wildman–Crippen LogP) is 3.64. The number of halogens is 3. The summed E-state index contributed by atoms with van der Waals surface area (Å²) in [4.78, 5) is 4.13. The number of nitrogens with zero attached hydrogens (tertiary/aromatic N) is 2. The van der Waals surface area contributed by atoms with E-state index in [2.05, 4.69) is 10.2 Å². The van der Waals surface area contributed by atoms with Crippen molar-refractivity contribution in [3.63, 3.8) is 0 Å². The van der Waals surface area contributed by atoms with Crippen LogP contribution in [0.4, 0.5) is 24.5 Å². The molecule has 2 heterocycles. The van der Waals surface area contributed by atoms with Gasteiger partial charge in [-0.2, -0.15) is 0 Å². The average molecular weight is 509 g/mol. The van der Waals surface area contributed by atoms with E-state index in [-0.39, 0.29) is 24.3 Å². The summed E-state index contributed by atoms with van der Waals surface area (Å²) in [5, 5.41) is 22.6. The zero-order valence-corrected chi connectivity index (χ0v) is 20.7. The van der Waals surface area contributed by atoms with Gasteiger partial charge in [-0.3, -0.25) is 9.29 Å². The Bertz CT molecular complexity index is 1220. The van der Waals surface area contributed by atoms with E-state index in [9.17, 15) is 14.4 Å². The van der Waals surface area contributed by atoms with Crippen LogP contribution in [-0.2, 0) is 6.42 Å². The highest BCUT2D eigenvalue weighted by Crippen LogP contribution is 2.43. The fourth-order valence-corrected chi connectivity index (χ4v) is 5.64. The standard InChI is InChI=1S/C28H31BF3N3O2/c1-18-12-19-13-20(29(36)37)8-9-24(19)28(35(18)23-6-3-2-4-7-23)27-25(31)14-21(15-26(27)32)33-22-16-34(17-22)11-5-10-30/h2-4,6-9,13-15,18,22,28,33,36-37H,5,10-12,16-17H2,1H3. The summed E-state index contributed by atoms with van der Waals surface area (Å²) in [6, 6.07) is 16.5. The molecule has 194 valence electrons. The molecule has 1 fully saturated rings. The first kappa shape index (κ1) is 25.6. The summed E-state index contributed by atoms with van der Waals surface area (Å²) < 4.78 is 44.0. The van der Waals surface area contributed by atoms with Crippen LogP contribution in [0.1, 0.15) is 36.1 Å². The lowest BCUT2D eigenvalue weighted by Gasteiger charge is -2.44. The van der Waals surface area contributed by atoms with Gasteiger partial charge >= 0.3 is 7.12 Å². The number of anilines is 2. The second kappa shape index (κ2) is 10.8. The Morgan fingerprint density at radius 1 is 1.00 bits per heavy atom. The first-order valence-electron chi connectivity index (χ1n) is 12.7. The van der Waals surface area contributed by atoms with Crippen LogP contribution in [0.25, 0.3) is 0 Å². The molecule has 0 aliphatic carbocycles. The average Bonchev–Trinajstić information content (AvgIpc) is 2.85. The van der Waals surface area contributed by atoms with Gasteiger partial charge in [-0.1, -0.05) is 36.4 Å². The monoisotopic (exact) mass is 509 g/mol. The molecule has 2 aliphatic rings. The summed E-state index contributed by atoms with van der Waals surface area (Å²) in [7, 11) is -1.62. The van der Waals surface area contributed by atoms with E-state index in [4.69, 9.17) is 0 Å². The summed E-state index contributed by atoms with van der Waals surface area (Å²) in [5.74, 6) is -1.29. The van der Waals surface area contributed by atoms with Crippen molar-refractivity contribution in [3.8, 4) is 0 Å². The molecule has 0 saturated carbocycles. The van der Waals surface area contributed by atoms with Gasteiger partial charge in [0.1, 0.15) is 11.6 Å². The highest BCUT2D eigenvalue weighted by Gasteiger charge is 2.37. The molecule has 37 heavy (non-hydrogen) atoms. The molecular formula is C28H31BF3N3O2. The molecule has 5 nitrogen and oxygen atoms in total. The van der Waals surface area contributed by atoms with Crippen molar-refractivity contribution in [1.29, 1.82) is 0 Å². The number of hydrogen-bond acceptors (Lipinski definition) is 5. The maximum Gasteiger partial charge on any atom is 0.488 e. The van der Waals surface area contributed by atoms with Crippen molar-refractivity contribution < 1.29 is 23.2 Å². The lowest BCUT2D eigenvalue weighted by Crippen LogP contribution is -2.54. The number of fused-ring (bicyclic) bond motifs is 1. The molecule has 0 amide bonds. The first-order valence-corrected chi connectivity index (χ1v) is 12.7. The quantitative estimate of drug-likeness (QED) is 0.405. The molecule has 9 heteroatoms. The van der Waals surface area contributed by atoms with Crippen LogP contribution in [0.15, 0.2) is 60.7 Å². The highest BCUT2D eigenvalue weighted by molar-refractivity contribution is 6.58. The first-order chi connectivity index (χ1) is 17.9. The van der Waals surface area contributed by atoms with Gasteiger partial charge in [0.25, 0.3) is 0 Å². The highest BCUT2D eigenvalue weighted by atomic mass is 19.1. The lowest BCUT2D eigenvalue weighted by atomic mass is 9.75. The van der Waals surface area contributed by atoms with Crippen molar-refractivity contribution in [2.24, 2.45) is 0 Å². The van der Waals surface area contributed by atoms with Gasteiger partial charge in [-0.25, -0.2) is 8.78 Å². The van der Waals surface area contributed by atoms with Crippen LogP contribution in [0.5, 0.6) is 0 Å². The number of nitrogens with one attached hydrogen (secondary N) is 1. The maximum atomic E-state index is 15.8. The number of rotatable bonds is 8. The Kier molecular flexibility index (Phi) is 7.46. The minimum Gasteiger partial charge on any atom is -0.423 e. The van der Waals surface area contributed by atoms with Crippen LogP contribution < -0.4 is 15.7 Å². The summed E-state index contributed by atoms with van der Waals surface area (Å²) in [5.41, 5.74) is 3.09. The van der Waals surface area contributed by atoms with Crippen molar-refractivity contribution in [3.05, 3.63) is 89.0 Å². The van der Waals surface area contributed by atoms with Crippen LogP contribution in [0.2, 0.25) is 0 Å². The van der Waals surface area contributed by atoms with Crippen molar-refractivity contribution in [2.45, 2.75) is 37.9 Å². The number of hydrogen-bond donors (Lipinski definition) is 3. The molecule has 0 aromatic heterocycles. The zero-order chi connectivity index (χ0) is 26.1. The Morgan fingerprint density at radius 3 is 2.35 bits per heavy atom. The van der Waals surface area contributed by atoms with Gasteiger partial charge in [0, 0.05) is 37.1 Å². The van der Waals surface area contributed by atoms with Crippen LogP contribution >= 0.6 is 0 Å². The normalized spacial score (nSPS) is 19.9. The van der Waals surface area contributed by atoms with E-state index in [1.807, 2.05) is 42.2 Å². The Hall–Kier alpha value is -3.01. The minimum absolute atomic E-state index is 0.0438. The molecule has 0 radical (unpaired) electrons. The summed E-state index contributed by atoms with van der Waals surface area (Å²) >= 11 is 0. The van der Waals surface area contributed by atoms with Crippen molar-refractivity contribution in [1.82, 2.24) is 4.90 Å². The van der Waals surface area contributed by atoms with Gasteiger partial charge in [0.2, 0.25) is 0 Å². The minimum atomic E-state index is -1.62. The molecule has 5 rings (SSSR count). The van der Waals surface area contributed by atoms with Gasteiger partial charge in [-0.15, -0.1) is 0 Å². The second-order valence-corrected chi connectivity index (χ2v) is 10.0. The van der Waals surface area contributed by atoms with E-state index in [1.54, 1.807) is 18.2 Å². The topological polar surface area (TPSA) is 59.0 Å². The zero-order valence-electron chi connectivity index (χ0n) is 20.7. The molecular weight excluding hydrogens is 478 g/mol. The molecule has 2 unspecified atom stereocenters. The van der Waals surface area contributed by atoms with E-state index in [1.165, 1.54) is 12.1 Å². The third-order valence-electron chi connectivity index (χ3n) is 7.37. The molecule has 0 spiro atoms. The molecule has 3 aromatic rings. The van der Waals surface area contributed by atoms with Gasteiger partial charge in [0.05, 0.1) is 24.3 Å². The molecule has 3 N–H and O–H groups in total. The third kappa shape index (κ3) is 5.21. The van der Waals surface area contributed by atoms with Crippen LogP contribution in [-0.4, -0.2) is 60.5 Å². The van der Waals surface area contributed by atoms with Crippen molar-refractivity contribution in [2.75, 3.05) is 36.5 Å². The van der Waals surface area contributed by atoms with E-state index in [0.717, 1.165) is 16.8 Å². The molecule has 0 bridgehead atoms. The number of likely N-dealkylation sites (tertiary alicyclic amines) is 1. The third-order valence-corrected chi connectivity index (χ3v) is 7.37. The largest absolute Gasteiger partial charge is 0.488 e. The van der Waals surface area contributed by atoms with E-state index in [0.29, 0.717) is 43.6 Å². The fraction of sp³-hybridized carbons (Fsp3) is 0.357. The second-order valence-electron chi connectivity index (χ2n) is 10.0. The molecule has 2 atom stereocenters. The van der Waals surface area contributed by atoms with Crippen LogP contribution in [0.3, 0.4) is 0 Å². The number of benzene rings is 3. The fourth-order valence-electron chi connectivity index (χ4n) is 5.64. The lowest BCUT2D eigenvalue weighted by molar-refractivity contribution is 0.155. The Labute approximate surface area is 215 Å². The van der Waals surface area contributed by atoms with Crippen molar-refractivity contribution >= 4 is 24.0 Å². The molecule has 1 saturated heterocycles. The van der Waals surface area contributed by atoms with E-state index < -0.39 is 24.8 Å². The molecule has 2 aliphatic heterocycles. The van der Waals surface area contributed by atoms with Gasteiger partial charge in [-0.05, 0) is 60.6 Å². The van der Waals surface area contributed by atoms with Gasteiger partial charge in [0.15, 0.2) is 0 Å². The Balaban J connectivity index is 1.50. The number of alkyl halides is 1. The van der Waals surface area contributed by atoms with Crippen LogP contribution in [0, 0.1) is 11.6 Å². The molecule has 3 aromatic carbocycles. The smallest absolute Gasteiger partial charge is 0.423 e. The maximum absolute atomic E-state index is 15.8. The predicted molar refractivity (Wildman–Crippen MR) is 141 cm³/mol. The number of para-hydroxylation sites is 1. The summed E-state index contributed by atoms with van der Waals surface area (Å²) in [6.07, 6.45) is 1.08. The Morgan fingerprint density at radius 2 is 1.70 bits per heavy atom. The summed E-state index contributed by atoms with van der Waals surface area (Å²) in [6.45, 7) is 3.75. The van der Waals surface area contributed by atoms with Gasteiger partial charge < -0.3 is 20.3 Å².